The number of nitrogens with zero attached hydrogens (tertiary/aromatic N) is 1. The van der Waals surface area contributed by atoms with Crippen LogP contribution in [0.4, 0.5) is 0 Å². The predicted molar refractivity (Wildman–Crippen MR) is 98.2 cm³/mol. The Kier molecular flexibility index (Phi) is 5.75. The number of benzene rings is 1. The second-order valence-electron chi connectivity index (χ2n) is 6.87. The molecule has 0 bridgehead atoms. The molecule has 0 spiro atoms. The number of carbonyl (C=O) groups is 3. The van der Waals surface area contributed by atoms with Gasteiger partial charge in [0.2, 0.25) is 11.8 Å². The zero-order chi connectivity index (χ0) is 20.4. The maximum atomic E-state index is 12.2. The Morgan fingerprint density at radius 2 is 2.14 bits per heavy atom. The maximum absolute atomic E-state index is 12.2. The summed E-state index contributed by atoms with van der Waals surface area (Å²) in [6.07, 6.45) is 0.515. The highest BCUT2D eigenvalue weighted by Crippen LogP contribution is 2.37. The van der Waals surface area contributed by atoms with Crippen molar-refractivity contribution >= 4 is 24.9 Å². The minimum Gasteiger partial charge on any atom is -0.535 e. The Morgan fingerprint density at radius 3 is 2.79 bits per heavy atom. The van der Waals surface area contributed by atoms with Crippen LogP contribution in [-0.2, 0) is 16.0 Å². The Balaban J connectivity index is 1.63. The molecular weight excluding hydrogens is 369 g/mol. The molecule has 1 atom stereocenters. The molecule has 1 aromatic carbocycles. The molecule has 2 amide bonds. The highest BCUT2D eigenvalue weighted by Gasteiger charge is 2.36. The van der Waals surface area contributed by atoms with E-state index in [2.05, 4.69) is 5.32 Å². The first-order valence-corrected chi connectivity index (χ1v) is 8.95. The lowest BCUT2D eigenvalue weighted by molar-refractivity contribution is -0.141. The number of aromatic carboxylic acids is 1. The monoisotopic (exact) mass is 391 g/mol. The van der Waals surface area contributed by atoms with Crippen molar-refractivity contribution in [1.29, 1.82) is 0 Å². The summed E-state index contributed by atoms with van der Waals surface area (Å²) in [6, 6.07) is 2.43. The summed E-state index contributed by atoms with van der Waals surface area (Å²) in [5.74, 6) is -1.56. The number of nitrogens with two attached hydrogens (primary N) is 1. The average molecular weight is 391 g/mol. The molecule has 150 valence electrons. The topological polar surface area (TPSA) is 151 Å². The van der Waals surface area contributed by atoms with Gasteiger partial charge in [0.05, 0.1) is 13.1 Å². The van der Waals surface area contributed by atoms with Crippen molar-refractivity contribution in [2.45, 2.75) is 31.8 Å². The normalized spacial score (nSPS) is 17.1. The maximum Gasteiger partial charge on any atom is 0.522 e. The fourth-order valence-corrected chi connectivity index (χ4v) is 3.16. The Labute approximate surface area is 161 Å². The fraction of sp³-hybridized carbons (Fsp3) is 0.471. The first-order valence-electron chi connectivity index (χ1n) is 8.95. The molecule has 2 aliphatic heterocycles. The number of fused-ring (bicyclic) bond motifs is 1. The van der Waals surface area contributed by atoms with Crippen LogP contribution in [0.5, 0.6) is 11.5 Å². The van der Waals surface area contributed by atoms with Crippen LogP contribution in [0.2, 0.25) is 6.32 Å². The number of hydrogen-bond donors (Lipinski definition) is 4. The van der Waals surface area contributed by atoms with Crippen LogP contribution in [0.3, 0.4) is 0 Å². The van der Waals surface area contributed by atoms with E-state index < -0.39 is 19.1 Å². The molecule has 0 radical (unpaired) electrons. The smallest absolute Gasteiger partial charge is 0.522 e. The number of likely N-dealkylation sites (tertiary alicyclic amines) is 1. The van der Waals surface area contributed by atoms with Gasteiger partial charge in [-0.2, -0.15) is 0 Å². The van der Waals surface area contributed by atoms with Crippen molar-refractivity contribution < 1.29 is 33.9 Å². The summed E-state index contributed by atoms with van der Waals surface area (Å²) in [5.41, 5.74) is 6.33. The van der Waals surface area contributed by atoms with Crippen LogP contribution in [-0.4, -0.2) is 71.7 Å². The van der Waals surface area contributed by atoms with Crippen molar-refractivity contribution in [2.24, 2.45) is 5.73 Å². The molecule has 3 rings (SSSR count). The number of carbonyl (C=O) groups excluding carboxylic acids is 2. The number of rotatable bonds is 6. The third kappa shape index (κ3) is 4.20. The third-order valence-corrected chi connectivity index (χ3v) is 4.67. The molecule has 0 aliphatic carbocycles. The van der Waals surface area contributed by atoms with Crippen molar-refractivity contribution in [1.82, 2.24) is 10.2 Å². The molecule has 0 aromatic heterocycles. The highest BCUT2D eigenvalue weighted by atomic mass is 16.5. The molecule has 1 saturated heterocycles. The number of nitrogens with one attached hydrogen (secondary N) is 1. The summed E-state index contributed by atoms with van der Waals surface area (Å²) >= 11 is 0. The minimum atomic E-state index is -1.22. The third-order valence-electron chi connectivity index (χ3n) is 4.67. The van der Waals surface area contributed by atoms with E-state index >= 15 is 0 Å². The van der Waals surface area contributed by atoms with Crippen molar-refractivity contribution in [3.8, 4) is 11.5 Å². The molecule has 2 aliphatic rings. The highest BCUT2D eigenvalue weighted by molar-refractivity contribution is 6.44. The number of amides is 2. The summed E-state index contributed by atoms with van der Waals surface area (Å²) < 4.78 is 11.1. The van der Waals surface area contributed by atoms with Crippen LogP contribution in [0.15, 0.2) is 12.1 Å². The first kappa shape index (κ1) is 20.0. The van der Waals surface area contributed by atoms with Crippen LogP contribution in [0.1, 0.15) is 22.8 Å². The molecule has 11 heteroatoms. The average Bonchev–Trinajstić information content (AvgIpc) is 2.60. The number of aryl methyl sites for hydroxylation is 1. The van der Waals surface area contributed by atoms with E-state index in [4.69, 9.17) is 15.1 Å². The van der Waals surface area contributed by atoms with Crippen LogP contribution < -0.4 is 20.4 Å². The van der Waals surface area contributed by atoms with Gasteiger partial charge in [-0.05, 0) is 24.4 Å². The van der Waals surface area contributed by atoms with E-state index in [1.165, 1.54) is 11.8 Å². The second-order valence-corrected chi connectivity index (χ2v) is 6.87. The standard InChI is InChI=1S/C17H22BN3O7/c1-9(22)20-6-12(19)16(23)21-7-11(8-21)27-13-3-2-10-4-5-18(26)28-15(10)14(13)17(24)25/h2-3,11-12,26H,4-8,19H2,1H3,(H,20,22)(H,24,25). The SMILES string of the molecule is CC(=O)NCC(N)C(=O)N1CC(Oc2ccc3c(c2C(=O)O)OB(O)CC3)C1. The van der Waals surface area contributed by atoms with Gasteiger partial charge in [-0.15, -0.1) is 0 Å². The fourth-order valence-electron chi connectivity index (χ4n) is 3.16. The Hall–Kier alpha value is -2.79. The number of carboxylic acid groups (broad SMARTS) is 1. The molecule has 1 aromatic rings. The zero-order valence-electron chi connectivity index (χ0n) is 15.4. The van der Waals surface area contributed by atoms with Crippen LogP contribution in [0, 0.1) is 0 Å². The van der Waals surface area contributed by atoms with Gasteiger partial charge in [-0.25, -0.2) is 4.79 Å². The Bertz CT molecular complexity index is 797. The van der Waals surface area contributed by atoms with E-state index in [9.17, 15) is 24.5 Å². The van der Waals surface area contributed by atoms with Crippen LogP contribution >= 0.6 is 0 Å². The molecule has 0 saturated carbocycles. The first-order chi connectivity index (χ1) is 13.3. The van der Waals surface area contributed by atoms with Gasteiger partial charge in [0.25, 0.3) is 0 Å². The van der Waals surface area contributed by atoms with E-state index in [0.717, 1.165) is 0 Å². The molecule has 10 nitrogen and oxygen atoms in total. The number of ether oxygens (including phenoxy) is 1. The summed E-state index contributed by atoms with van der Waals surface area (Å²) in [4.78, 5) is 36.3. The lowest BCUT2D eigenvalue weighted by Gasteiger charge is -2.40. The minimum absolute atomic E-state index is 0.0455. The van der Waals surface area contributed by atoms with Crippen molar-refractivity contribution in [3.63, 3.8) is 0 Å². The van der Waals surface area contributed by atoms with Crippen molar-refractivity contribution in [3.05, 3.63) is 23.3 Å². The van der Waals surface area contributed by atoms with Gasteiger partial charge >= 0.3 is 13.1 Å². The molecule has 2 heterocycles. The largest absolute Gasteiger partial charge is 0.535 e. The number of carboxylic acids is 1. The quantitative estimate of drug-likeness (QED) is 0.444. The van der Waals surface area contributed by atoms with E-state index in [0.29, 0.717) is 18.3 Å². The van der Waals surface area contributed by atoms with Crippen LogP contribution in [0.25, 0.3) is 0 Å². The lowest BCUT2D eigenvalue weighted by atomic mass is 9.78. The van der Waals surface area contributed by atoms with Gasteiger partial charge < -0.3 is 35.5 Å². The van der Waals surface area contributed by atoms with Crippen molar-refractivity contribution in [2.75, 3.05) is 19.6 Å². The van der Waals surface area contributed by atoms with Gasteiger partial charge in [-0.1, -0.05) is 6.07 Å². The molecular formula is C17H22BN3O7. The molecule has 28 heavy (non-hydrogen) atoms. The van der Waals surface area contributed by atoms with E-state index in [-0.39, 0.29) is 54.6 Å². The van der Waals surface area contributed by atoms with Gasteiger partial charge in [-0.3, -0.25) is 9.59 Å². The second kappa shape index (κ2) is 8.07. The van der Waals surface area contributed by atoms with E-state index in [1.807, 2.05) is 0 Å². The molecule has 1 unspecified atom stereocenters. The Morgan fingerprint density at radius 1 is 1.43 bits per heavy atom. The number of hydrogen-bond acceptors (Lipinski definition) is 7. The van der Waals surface area contributed by atoms with E-state index in [1.54, 1.807) is 12.1 Å². The summed E-state index contributed by atoms with van der Waals surface area (Å²) in [5, 5.41) is 21.7. The molecule has 5 N–H and O–H groups in total. The van der Waals surface area contributed by atoms with Gasteiger partial charge in [0.15, 0.2) is 0 Å². The molecule has 1 fully saturated rings. The zero-order valence-corrected chi connectivity index (χ0v) is 15.4. The van der Waals surface area contributed by atoms with Gasteiger partial charge in [0.1, 0.15) is 29.2 Å². The summed E-state index contributed by atoms with van der Waals surface area (Å²) in [6.45, 7) is 1.90. The van der Waals surface area contributed by atoms with Gasteiger partial charge in [0, 0.05) is 13.5 Å². The predicted octanol–water partition coefficient (Wildman–Crippen LogP) is -1.15. The lowest BCUT2D eigenvalue weighted by Crippen LogP contribution is -2.61. The summed E-state index contributed by atoms with van der Waals surface area (Å²) in [7, 11) is -1.05.